The summed E-state index contributed by atoms with van der Waals surface area (Å²) in [6.45, 7) is 0. The number of oxazole rings is 1. The van der Waals surface area contributed by atoms with Crippen molar-refractivity contribution in [1.29, 1.82) is 0 Å². The van der Waals surface area contributed by atoms with Gasteiger partial charge in [0.1, 0.15) is 5.52 Å². The van der Waals surface area contributed by atoms with Crippen molar-refractivity contribution >= 4 is 22.8 Å². The van der Waals surface area contributed by atoms with Gasteiger partial charge < -0.3 is 15.5 Å². The van der Waals surface area contributed by atoms with Crippen molar-refractivity contribution < 1.29 is 9.21 Å². The van der Waals surface area contributed by atoms with Gasteiger partial charge in [0.2, 0.25) is 0 Å². The van der Waals surface area contributed by atoms with Gasteiger partial charge in [-0.1, -0.05) is 19.3 Å². The summed E-state index contributed by atoms with van der Waals surface area (Å²) in [5.74, 6) is -0.682. The largest absolute Gasteiger partial charge is 0.428 e. The Morgan fingerprint density at radius 2 is 2.05 bits per heavy atom. The summed E-state index contributed by atoms with van der Waals surface area (Å²) in [7, 11) is 0. The molecular formula is C14H17N3O3. The van der Waals surface area contributed by atoms with Crippen LogP contribution in [0.4, 0.5) is 10.5 Å². The highest BCUT2D eigenvalue weighted by Gasteiger charge is 2.20. The van der Waals surface area contributed by atoms with E-state index in [-0.39, 0.29) is 6.04 Å². The number of nitrogens with one attached hydrogen (secondary N) is 1. The van der Waals surface area contributed by atoms with E-state index in [4.69, 9.17) is 10.2 Å². The number of amides is 1. The molecule has 0 aliphatic heterocycles. The zero-order valence-corrected chi connectivity index (χ0v) is 11.1. The van der Waals surface area contributed by atoms with E-state index in [0.717, 1.165) is 30.3 Å². The van der Waals surface area contributed by atoms with Gasteiger partial charge in [0.25, 0.3) is 0 Å². The second-order valence-electron chi connectivity index (χ2n) is 5.21. The monoisotopic (exact) mass is 275 g/mol. The average Bonchev–Trinajstić information content (AvgIpc) is 2.74. The Bertz CT molecular complexity index is 695. The lowest BCUT2D eigenvalue weighted by molar-refractivity contribution is 0.233. The Labute approximate surface area is 115 Å². The molecule has 1 aliphatic carbocycles. The number of aromatic nitrogens is 1. The summed E-state index contributed by atoms with van der Waals surface area (Å²) in [6, 6.07) is 4.52. The number of fused-ring (bicyclic) bond motifs is 1. The molecule has 6 nitrogen and oxygen atoms in total. The van der Waals surface area contributed by atoms with E-state index in [2.05, 4.69) is 5.32 Å². The van der Waals surface area contributed by atoms with E-state index in [1.165, 1.54) is 6.42 Å². The minimum absolute atomic E-state index is 0.141. The van der Waals surface area contributed by atoms with Gasteiger partial charge in [-0.25, -0.2) is 9.59 Å². The highest BCUT2D eigenvalue weighted by Crippen LogP contribution is 2.19. The van der Waals surface area contributed by atoms with Crippen LogP contribution in [0, 0.1) is 0 Å². The molecule has 0 bridgehead atoms. The number of nitrogen functional groups attached to an aromatic ring is 1. The number of carbonyl (C=O) groups excluding carboxylic acids is 1. The van der Waals surface area contributed by atoms with Crippen LogP contribution in [0.25, 0.3) is 11.1 Å². The van der Waals surface area contributed by atoms with Crippen LogP contribution < -0.4 is 16.8 Å². The summed E-state index contributed by atoms with van der Waals surface area (Å²) < 4.78 is 6.09. The Hall–Kier alpha value is -2.24. The van der Waals surface area contributed by atoms with Gasteiger partial charge in [0.15, 0.2) is 5.58 Å². The quantitative estimate of drug-likeness (QED) is 0.779. The molecule has 3 rings (SSSR count). The molecule has 1 saturated carbocycles. The molecule has 0 unspecified atom stereocenters. The van der Waals surface area contributed by atoms with E-state index in [0.29, 0.717) is 16.8 Å². The number of nitrogens with zero attached hydrogens (tertiary/aromatic N) is 1. The van der Waals surface area contributed by atoms with Crippen LogP contribution in [0.1, 0.15) is 32.1 Å². The van der Waals surface area contributed by atoms with Gasteiger partial charge in [-0.3, -0.25) is 0 Å². The molecule has 1 aromatic heterocycles. The molecule has 1 aromatic carbocycles. The lowest BCUT2D eigenvalue weighted by Gasteiger charge is -2.22. The number of nitrogens with two attached hydrogens (primary N) is 1. The maximum Gasteiger partial charge on any atom is 0.428 e. The molecule has 0 spiro atoms. The van der Waals surface area contributed by atoms with Crippen molar-refractivity contribution in [2.45, 2.75) is 38.1 Å². The van der Waals surface area contributed by atoms with Gasteiger partial charge in [0.05, 0.1) is 0 Å². The molecule has 0 radical (unpaired) electrons. The van der Waals surface area contributed by atoms with E-state index in [1.807, 2.05) is 0 Å². The molecule has 3 N–H and O–H groups in total. The fraction of sp³-hybridized carbons (Fsp3) is 0.429. The van der Waals surface area contributed by atoms with E-state index < -0.39 is 11.8 Å². The average molecular weight is 275 g/mol. The maximum absolute atomic E-state index is 12.3. The van der Waals surface area contributed by atoms with Crippen LogP contribution in [0.5, 0.6) is 0 Å². The summed E-state index contributed by atoms with van der Waals surface area (Å²) in [5.41, 5.74) is 6.90. The Morgan fingerprint density at radius 3 is 2.80 bits per heavy atom. The van der Waals surface area contributed by atoms with Crippen molar-refractivity contribution in [2.75, 3.05) is 5.73 Å². The molecule has 6 heteroatoms. The highest BCUT2D eigenvalue weighted by atomic mass is 16.4. The van der Waals surface area contributed by atoms with Gasteiger partial charge in [0, 0.05) is 17.8 Å². The first-order valence-corrected chi connectivity index (χ1v) is 6.87. The lowest BCUT2D eigenvalue weighted by Crippen LogP contribution is -2.41. The number of rotatable bonds is 1. The zero-order chi connectivity index (χ0) is 14.1. The number of hydrogen-bond acceptors (Lipinski definition) is 4. The molecule has 20 heavy (non-hydrogen) atoms. The number of carbonyl (C=O) groups is 1. The molecular weight excluding hydrogens is 258 g/mol. The van der Waals surface area contributed by atoms with Crippen LogP contribution >= 0.6 is 0 Å². The highest BCUT2D eigenvalue weighted by molar-refractivity contribution is 5.89. The molecule has 106 valence electrons. The number of anilines is 1. The third kappa shape index (κ3) is 2.29. The second kappa shape index (κ2) is 5.03. The van der Waals surface area contributed by atoms with E-state index >= 15 is 0 Å². The number of hydrogen-bond donors (Lipinski definition) is 2. The minimum atomic E-state index is -0.682. The molecule has 2 aromatic rings. The smallest absolute Gasteiger partial charge is 0.407 e. The van der Waals surface area contributed by atoms with Crippen molar-refractivity contribution in [3.05, 3.63) is 28.7 Å². The number of benzene rings is 1. The first-order valence-electron chi connectivity index (χ1n) is 6.87. The summed E-state index contributed by atoms with van der Waals surface area (Å²) in [6.07, 6.45) is 5.36. The molecule has 0 saturated heterocycles. The Kier molecular flexibility index (Phi) is 3.22. The lowest BCUT2D eigenvalue weighted by atomic mass is 9.96. The molecule has 1 heterocycles. The molecule has 1 aliphatic rings. The molecule has 1 amide bonds. The third-order valence-electron chi connectivity index (χ3n) is 3.74. The van der Waals surface area contributed by atoms with Gasteiger partial charge in [-0.05, 0) is 25.0 Å². The van der Waals surface area contributed by atoms with E-state index in [9.17, 15) is 9.59 Å². The SMILES string of the molecule is Nc1ccc2c(c1)oc(=O)n2C(=O)NC1CCCCC1. The maximum atomic E-state index is 12.3. The van der Waals surface area contributed by atoms with Crippen LogP contribution in [0.15, 0.2) is 27.4 Å². The first-order chi connectivity index (χ1) is 9.65. The van der Waals surface area contributed by atoms with Crippen molar-refractivity contribution in [3.8, 4) is 0 Å². The summed E-state index contributed by atoms with van der Waals surface area (Å²) in [5, 5.41) is 2.90. The molecule has 1 fully saturated rings. The van der Waals surface area contributed by atoms with Crippen LogP contribution in [-0.4, -0.2) is 16.6 Å². The fourth-order valence-corrected chi connectivity index (χ4v) is 2.71. The van der Waals surface area contributed by atoms with Gasteiger partial charge >= 0.3 is 11.8 Å². The fourth-order valence-electron chi connectivity index (χ4n) is 2.71. The normalized spacial score (nSPS) is 16.4. The predicted molar refractivity (Wildman–Crippen MR) is 75.7 cm³/mol. The minimum Gasteiger partial charge on any atom is -0.407 e. The third-order valence-corrected chi connectivity index (χ3v) is 3.74. The van der Waals surface area contributed by atoms with Crippen LogP contribution in [-0.2, 0) is 0 Å². The van der Waals surface area contributed by atoms with Crippen LogP contribution in [0.2, 0.25) is 0 Å². The first kappa shape index (κ1) is 12.8. The van der Waals surface area contributed by atoms with Crippen molar-refractivity contribution in [1.82, 2.24) is 9.88 Å². The molecule has 0 atom stereocenters. The van der Waals surface area contributed by atoms with Gasteiger partial charge in [-0.15, -0.1) is 0 Å². The Balaban J connectivity index is 1.90. The Morgan fingerprint density at radius 1 is 1.30 bits per heavy atom. The van der Waals surface area contributed by atoms with Crippen molar-refractivity contribution in [2.24, 2.45) is 0 Å². The summed E-state index contributed by atoms with van der Waals surface area (Å²) >= 11 is 0. The summed E-state index contributed by atoms with van der Waals surface area (Å²) in [4.78, 5) is 24.1. The predicted octanol–water partition coefficient (Wildman–Crippen LogP) is 2.07. The standard InChI is InChI=1S/C14H17N3O3/c15-9-6-7-11-12(8-9)20-14(19)17(11)13(18)16-10-4-2-1-3-5-10/h6-8,10H,1-5,15H2,(H,16,18). The van der Waals surface area contributed by atoms with Crippen LogP contribution in [0.3, 0.4) is 0 Å². The topological polar surface area (TPSA) is 90.3 Å². The zero-order valence-electron chi connectivity index (χ0n) is 11.1. The van der Waals surface area contributed by atoms with Crippen molar-refractivity contribution in [3.63, 3.8) is 0 Å². The second-order valence-corrected chi connectivity index (χ2v) is 5.21. The van der Waals surface area contributed by atoms with E-state index in [1.54, 1.807) is 18.2 Å². The van der Waals surface area contributed by atoms with Gasteiger partial charge in [-0.2, -0.15) is 4.57 Å².